The standard InChI is InChI=1S/C13H18ClFN2O/c1-9-8-17(4-5-18-9)13(7-16)11-3-2-10(14)6-12(11)15/h2-3,6,9,13H,4-5,7-8,16H2,1H3. The van der Waals surface area contributed by atoms with E-state index < -0.39 is 0 Å². The van der Waals surface area contributed by atoms with E-state index in [-0.39, 0.29) is 18.0 Å². The molecule has 0 saturated carbocycles. The quantitative estimate of drug-likeness (QED) is 0.917. The van der Waals surface area contributed by atoms with Gasteiger partial charge in [-0.2, -0.15) is 0 Å². The molecule has 2 rings (SSSR count). The first kappa shape index (κ1) is 13.7. The van der Waals surface area contributed by atoms with Crippen LogP contribution in [-0.4, -0.2) is 37.2 Å². The van der Waals surface area contributed by atoms with E-state index in [1.54, 1.807) is 12.1 Å². The molecule has 0 bridgehead atoms. The summed E-state index contributed by atoms with van der Waals surface area (Å²) in [5.41, 5.74) is 6.41. The third-order valence-corrected chi connectivity index (χ3v) is 3.49. The molecule has 0 aliphatic carbocycles. The van der Waals surface area contributed by atoms with Crippen molar-refractivity contribution >= 4 is 11.6 Å². The largest absolute Gasteiger partial charge is 0.376 e. The van der Waals surface area contributed by atoms with Crippen molar-refractivity contribution in [3.8, 4) is 0 Å². The summed E-state index contributed by atoms with van der Waals surface area (Å²) in [6, 6.07) is 4.64. The first-order chi connectivity index (χ1) is 8.61. The van der Waals surface area contributed by atoms with Gasteiger partial charge in [-0.05, 0) is 19.1 Å². The van der Waals surface area contributed by atoms with Gasteiger partial charge in [0.1, 0.15) is 5.82 Å². The number of ether oxygens (including phenoxy) is 1. The van der Waals surface area contributed by atoms with Crippen LogP contribution in [0.2, 0.25) is 5.02 Å². The fourth-order valence-corrected chi connectivity index (χ4v) is 2.53. The lowest BCUT2D eigenvalue weighted by Gasteiger charge is -2.37. The minimum Gasteiger partial charge on any atom is -0.376 e. The highest BCUT2D eigenvalue weighted by Gasteiger charge is 2.26. The topological polar surface area (TPSA) is 38.5 Å². The molecule has 3 nitrogen and oxygen atoms in total. The first-order valence-corrected chi connectivity index (χ1v) is 6.50. The fourth-order valence-electron chi connectivity index (χ4n) is 2.37. The van der Waals surface area contributed by atoms with E-state index in [9.17, 15) is 4.39 Å². The highest BCUT2D eigenvalue weighted by molar-refractivity contribution is 6.30. The van der Waals surface area contributed by atoms with Gasteiger partial charge >= 0.3 is 0 Å². The third-order valence-electron chi connectivity index (χ3n) is 3.26. The minimum absolute atomic E-state index is 0.117. The number of hydrogen-bond acceptors (Lipinski definition) is 3. The molecule has 1 fully saturated rings. The van der Waals surface area contributed by atoms with Crippen LogP contribution in [0.5, 0.6) is 0 Å². The molecule has 2 N–H and O–H groups in total. The normalized spacial score (nSPS) is 23.0. The summed E-state index contributed by atoms with van der Waals surface area (Å²) < 4.78 is 19.4. The van der Waals surface area contributed by atoms with Crippen molar-refractivity contribution in [1.29, 1.82) is 0 Å². The summed E-state index contributed by atoms with van der Waals surface area (Å²) in [4.78, 5) is 2.17. The van der Waals surface area contributed by atoms with E-state index in [2.05, 4.69) is 4.90 Å². The maximum atomic E-state index is 13.9. The van der Waals surface area contributed by atoms with E-state index in [4.69, 9.17) is 22.1 Å². The van der Waals surface area contributed by atoms with Gasteiger partial charge in [0.2, 0.25) is 0 Å². The van der Waals surface area contributed by atoms with Crippen molar-refractivity contribution in [2.45, 2.75) is 19.1 Å². The zero-order valence-electron chi connectivity index (χ0n) is 10.4. The molecule has 1 aromatic rings. The van der Waals surface area contributed by atoms with Crippen molar-refractivity contribution in [2.75, 3.05) is 26.2 Å². The number of hydrogen-bond donors (Lipinski definition) is 1. The predicted octanol–water partition coefficient (Wildman–Crippen LogP) is 2.20. The van der Waals surface area contributed by atoms with Gasteiger partial charge in [0.25, 0.3) is 0 Å². The molecule has 100 valence electrons. The van der Waals surface area contributed by atoms with Crippen LogP contribution >= 0.6 is 11.6 Å². The highest BCUT2D eigenvalue weighted by Crippen LogP contribution is 2.26. The Labute approximate surface area is 112 Å². The lowest BCUT2D eigenvalue weighted by molar-refractivity contribution is -0.0337. The van der Waals surface area contributed by atoms with Gasteiger partial charge in [-0.15, -0.1) is 0 Å². The van der Waals surface area contributed by atoms with Gasteiger partial charge in [-0.3, -0.25) is 4.90 Å². The summed E-state index contributed by atoms with van der Waals surface area (Å²) in [7, 11) is 0. The van der Waals surface area contributed by atoms with Gasteiger partial charge in [-0.25, -0.2) is 4.39 Å². The van der Waals surface area contributed by atoms with Gasteiger partial charge < -0.3 is 10.5 Å². The van der Waals surface area contributed by atoms with Gasteiger partial charge in [0.05, 0.1) is 18.8 Å². The Morgan fingerprint density at radius 3 is 3.00 bits per heavy atom. The van der Waals surface area contributed by atoms with Crippen LogP contribution in [0.1, 0.15) is 18.5 Å². The monoisotopic (exact) mass is 272 g/mol. The van der Waals surface area contributed by atoms with Gasteiger partial charge in [0, 0.05) is 30.2 Å². The SMILES string of the molecule is CC1CN(C(CN)c2ccc(Cl)cc2F)CCO1. The molecule has 0 amide bonds. The van der Waals surface area contributed by atoms with Crippen LogP contribution in [0.15, 0.2) is 18.2 Å². The summed E-state index contributed by atoms with van der Waals surface area (Å²) in [6.45, 7) is 4.59. The van der Waals surface area contributed by atoms with Crippen LogP contribution in [0.3, 0.4) is 0 Å². The predicted molar refractivity (Wildman–Crippen MR) is 70.2 cm³/mol. The van der Waals surface area contributed by atoms with Crippen LogP contribution in [-0.2, 0) is 4.74 Å². The van der Waals surface area contributed by atoms with Crippen LogP contribution in [0, 0.1) is 5.82 Å². The number of halogens is 2. The highest BCUT2D eigenvalue weighted by atomic mass is 35.5. The van der Waals surface area contributed by atoms with E-state index in [0.717, 1.165) is 13.1 Å². The Morgan fingerprint density at radius 1 is 1.61 bits per heavy atom. The number of morpholine rings is 1. The Kier molecular flexibility index (Phi) is 4.56. The Morgan fingerprint density at radius 2 is 2.39 bits per heavy atom. The van der Waals surface area contributed by atoms with E-state index >= 15 is 0 Å². The number of nitrogens with two attached hydrogens (primary N) is 1. The van der Waals surface area contributed by atoms with Crippen LogP contribution in [0.4, 0.5) is 4.39 Å². The van der Waals surface area contributed by atoms with Crippen molar-refractivity contribution in [1.82, 2.24) is 4.90 Å². The van der Waals surface area contributed by atoms with Gasteiger partial charge in [-0.1, -0.05) is 17.7 Å². The van der Waals surface area contributed by atoms with E-state index in [1.165, 1.54) is 6.07 Å². The van der Waals surface area contributed by atoms with Crippen molar-refractivity contribution in [3.63, 3.8) is 0 Å². The second-order valence-corrected chi connectivity index (χ2v) is 5.03. The molecule has 5 heteroatoms. The molecule has 0 spiro atoms. The maximum Gasteiger partial charge on any atom is 0.129 e. The van der Waals surface area contributed by atoms with Gasteiger partial charge in [0.15, 0.2) is 0 Å². The summed E-state index contributed by atoms with van der Waals surface area (Å²) >= 11 is 5.77. The van der Waals surface area contributed by atoms with Crippen molar-refractivity contribution < 1.29 is 9.13 Å². The van der Waals surface area contributed by atoms with E-state index in [1.807, 2.05) is 6.92 Å². The molecule has 1 aromatic carbocycles. The lowest BCUT2D eigenvalue weighted by atomic mass is 10.0. The summed E-state index contributed by atoms with van der Waals surface area (Å²) in [5.74, 6) is -0.294. The van der Waals surface area contributed by atoms with Crippen molar-refractivity contribution in [2.24, 2.45) is 5.73 Å². The van der Waals surface area contributed by atoms with Crippen LogP contribution < -0.4 is 5.73 Å². The molecular weight excluding hydrogens is 255 g/mol. The van der Waals surface area contributed by atoms with Crippen molar-refractivity contribution in [3.05, 3.63) is 34.6 Å². The summed E-state index contributed by atoms with van der Waals surface area (Å²) in [6.07, 6.45) is 0.156. The molecule has 1 saturated heterocycles. The lowest BCUT2D eigenvalue weighted by Crippen LogP contribution is -2.45. The average molecular weight is 273 g/mol. The molecule has 0 radical (unpaired) electrons. The number of benzene rings is 1. The molecular formula is C13H18ClFN2O. The number of rotatable bonds is 3. The second kappa shape index (κ2) is 5.97. The molecule has 18 heavy (non-hydrogen) atoms. The molecule has 2 atom stereocenters. The third kappa shape index (κ3) is 3.01. The van der Waals surface area contributed by atoms with E-state index in [0.29, 0.717) is 23.7 Å². The average Bonchev–Trinajstić information content (AvgIpc) is 2.33. The molecule has 1 heterocycles. The Bertz CT molecular complexity index is 416. The minimum atomic E-state index is -0.294. The zero-order valence-corrected chi connectivity index (χ0v) is 11.2. The first-order valence-electron chi connectivity index (χ1n) is 6.12. The Hall–Kier alpha value is -0.680. The molecule has 0 aromatic heterocycles. The molecule has 1 aliphatic rings. The molecule has 2 unspecified atom stereocenters. The van der Waals surface area contributed by atoms with Crippen LogP contribution in [0.25, 0.3) is 0 Å². The smallest absolute Gasteiger partial charge is 0.129 e. The maximum absolute atomic E-state index is 13.9. The fraction of sp³-hybridized carbons (Fsp3) is 0.538. The zero-order chi connectivity index (χ0) is 13.1. The Balaban J connectivity index is 2.21. The molecule has 1 aliphatic heterocycles. The number of nitrogens with zero attached hydrogens (tertiary/aromatic N) is 1. The second-order valence-electron chi connectivity index (χ2n) is 4.59. The summed E-state index contributed by atoms with van der Waals surface area (Å²) in [5, 5.41) is 0.405.